The maximum atomic E-state index is 11.0. The summed E-state index contributed by atoms with van der Waals surface area (Å²) in [4.78, 5) is 0.286. The SMILES string of the molecule is C[C@@H]1CCC[C@H](C)N1[N+]([O-])=NO. The van der Waals surface area contributed by atoms with Gasteiger partial charge in [-0.05, 0) is 33.1 Å². The Morgan fingerprint density at radius 1 is 1.42 bits per heavy atom. The summed E-state index contributed by atoms with van der Waals surface area (Å²) in [6.07, 6.45) is 3.11. The summed E-state index contributed by atoms with van der Waals surface area (Å²) in [6.45, 7) is 3.93. The molecule has 0 aromatic rings. The van der Waals surface area contributed by atoms with Gasteiger partial charge < -0.3 is 10.4 Å². The number of hydrazine groups is 1. The molecule has 0 unspecified atom stereocenters. The van der Waals surface area contributed by atoms with Crippen LogP contribution in [0.15, 0.2) is 5.28 Å². The van der Waals surface area contributed by atoms with Gasteiger partial charge in [-0.15, -0.1) is 5.01 Å². The van der Waals surface area contributed by atoms with Crippen LogP contribution in [0.5, 0.6) is 0 Å². The van der Waals surface area contributed by atoms with E-state index in [2.05, 4.69) is 5.28 Å². The lowest BCUT2D eigenvalue weighted by atomic mass is 10.00. The van der Waals surface area contributed by atoms with E-state index in [-0.39, 0.29) is 17.1 Å². The van der Waals surface area contributed by atoms with E-state index < -0.39 is 0 Å². The van der Waals surface area contributed by atoms with Crippen LogP contribution in [0.2, 0.25) is 0 Å². The molecule has 5 nitrogen and oxygen atoms in total. The van der Waals surface area contributed by atoms with Crippen LogP contribution < -0.4 is 0 Å². The fourth-order valence-corrected chi connectivity index (χ4v) is 1.79. The minimum Gasteiger partial charge on any atom is -0.569 e. The van der Waals surface area contributed by atoms with E-state index in [1.165, 1.54) is 0 Å². The van der Waals surface area contributed by atoms with Gasteiger partial charge in [-0.1, -0.05) is 0 Å². The Bertz CT molecular complexity index is 173. The van der Waals surface area contributed by atoms with Crippen LogP contribution in [0.4, 0.5) is 0 Å². The van der Waals surface area contributed by atoms with Crippen LogP contribution in [0.3, 0.4) is 0 Å². The minimum absolute atomic E-state index is 0.169. The molecule has 2 atom stereocenters. The molecule has 12 heavy (non-hydrogen) atoms. The standard InChI is InChI=1S/C7H15N3O2/c1-6-4-3-5-7(2)9(6)10(12)8-11/h6-7,11H,3-5H2,1-2H3/t6-,7+. The zero-order chi connectivity index (χ0) is 9.14. The molecule has 0 radical (unpaired) electrons. The molecule has 1 rings (SSSR count). The Hall–Kier alpha value is -1.00. The van der Waals surface area contributed by atoms with Gasteiger partial charge in [0.1, 0.15) is 0 Å². The number of piperidine rings is 1. The van der Waals surface area contributed by atoms with Crippen molar-refractivity contribution in [3.63, 3.8) is 0 Å². The largest absolute Gasteiger partial charge is 0.569 e. The minimum atomic E-state index is 0.169. The quantitative estimate of drug-likeness (QED) is 0.371. The summed E-state index contributed by atoms with van der Waals surface area (Å²) in [5.74, 6) is 0. The molecular weight excluding hydrogens is 158 g/mol. The van der Waals surface area contributed by atoms with Gasteiger partial charge in [0.05, 0.1) is 17.1 Å². The lowest BCUT2D eigenvalue weighted by molar-refractivity contribution is -0.725. The van der Waals surface area contributed by atoms with E-state index in [1.54, 1.807) is 5.01 Å². The molecule has 1 saturated heterocycles. The number of nitrogens with zero attached hydrogens (tertiary/aromatic N) is 3. The summed E-state index contributed by atoms with van der Waals surface area (Å²) >= 11 is 0. The van der Waals surface area contributed by atoms with Crippen molar-refractivity contribution >= 4 is 0 Å². The number of hydrogen-bond acceptors (Lipinski definition) is 2. The number of rotatable bonds is 1. The lowest BCUT2D eigenvalue weighted by Gasteiger charge is -2.33. The van der Waals surface area contributed by atoms with E-state index >= 15 is 0 Å². The zero-order valence-electron chi connectivity index (χ0n) is 7.47. The number of hydrogen-bond donors (Lipinski definition) is 1. The Morgan fingerprint density at radius 2 is 1.92 bits per heavy atom. The van der Waals surface area contributed by atoms with Crippen LogP contribution in [0, 0.1) is 5.21 Å². The van der Waals surface area contributed by atoms with Gasteiger partial charge in [0.2, 0.25) is 5.28 Å². The molecule has 1 N–H and O–H groups in total. The maximum absolute atomic E-state index is 11.0. The van der Waals surface area contributed by atoms with E-state index in [4.69, 9.17) is 5.21 Å². The van der Waals surface area contributed by atoms with E-state index in [0.29, 0.717) is 0 Å². The van der Waals surface area contributed by atoms with Gasteiger partial charge in [-0.25, -0.2) is 0 Å². The van der Waals surface area contributed by atoms with Crippen molar-refractivity contribution in [1.82, 2.24) is 5.01 Å². The topological polar surface area (TPSA) is 61.9 Å². The van der Waals surface area contributed by atoms with Gasteiger partial charge in [-0.3, -0.25) is 0 Å². The van der Waals surface area contributed by atoms with E-state index in [9.17, 15) is 5.21 Å². The normalized spacial score (nSPS) is 32.2. The third-order valence-electron chi connectivity index (χ3n) is 2.42. The van der Waals surface area contributed by atoms with Crippen molar-refractivity contribution in [3.05, 3.63) is 5.21 Å². The van der Waals surface area contributed by atoms with Crippen LogP contribution in [0.1, 0.15) is 33.1 Å². The van der Waals surface area contributed by atoms with Crippen LogP contribution in [-0.4, -0.2) is 27.3 Å². The monoisotopic (exact) mass is 173 g/mol. The summed E-state index contributed by atoms with van der Waals surface area (Å²) in [6, 6.07) is 0.337. The van der Waals surface area contributed by atoms with Gasteiger partial charge in [0, 0.05) is 0 Å². The first-order chi connectivity index (χ1) is 5.66. The molecule has 0 aliphatic carbocycles. The second kappa shape index (κ2) is 3.60. The van der Waals surface area contributed by atoms with E-state index in [1.807, 2.05) is 13.8 Å². The third kappa shape index (κ3) is 1.60. The Balaban J connectivity index is 2.69. The smallest absolute Gasteiger partial charge is 0.230 e. The van der Waals surface area contributed by atoms with Gasteiger partial charge >= 0.3 is 0 Å². The van der Waals surface area contributed by atoms with Gasteiger partial charge in [-0.2, -0.15) is 0 Å². The summed E-state index contributed by atoms with van der Waals surface area (Å²) < 4.78 is 0. The van der Waals surface area contributed by atoms with Crippen LogP contribution in [0.25, 0.3) is 0 Å². The zero-order valence-corrected chi connectivity index (χ0v) is 7.47. The second-order valence-corrected chi connectivity index (χ2v) is 3.35. The second-order valence-electron chi connectivity index (χ2n) is 3.35. The molecule has 5 heteroatoms. The highest BCUT2D eigenvalue weighted by molar-refractivity contribution is 4.72. The average molecular weight is 173 g/mol. The molecule has 0 saturated carbocycles. The average Bonchev–Trinajstić information content (AvgIpc) is 2.03. The van der Waals surface area contributed by atoms with Gasteiger partial charge in [0.25, 0.3) is 0 Å². The Labute approximate surface area is 71.8 Å². The van der Waals surface area contributed by atoms with Crippen molar-refractivity contribution in [2.45, 2.75) is 45.2 Å². The molecule has 1 heterocycles. The fraction of sp³-hybridized carbons (Fsp3) is 1.00. The van der Waals surface area contributed by atoms with Crippen molar-refractivity contribution in [2.24, 2.45) is 5.28 Å². The first-order valence-corrected chi connectivity index (χ1v) is 4.27. The lowest BCUT2D eigenvalue weighted by Crippen LogP contribution is -2.47. The molecule has 1 fully saturated rings. The predicted molar refractivity (Wildman–Crippen MR) is 42.5 cm³/mol. The molecule has 1 aliphatic heterocycles. The molecule has 0 spiro atoms. The molecule has 0 bridgehead atoms. The fourth-order valence-electron chi connectivity index (χ4n) is 1.79. The predicted octanol–water partition coefficient (Wildman–Crippen LogP) is 1.52. The van der Waals surface area contributed by atoms with Gasteiger partial charge in [0.15, 0.2) is 0 Å². The Morgan fingerprint density at radius 3 is 2.33 bits per heavy atom. The van der Waals surface area contributed by atoms with Crippen LogP contribution >= 0.6 is 0 Å². The van der Waals surface area contributed by atoms with Crippen molar-refractivity contribution in [3.8, 4) is 0 Å². The molecule has 1 aliphatic rings. The van der Waals surface area contributed by atoms with Crippen molar-refractivity contribution < 1.29 is 10.2 Å². The molecule has 70 valence electrons. The van der Waals surface area contributed by atoms with Crippen molar-refractivity contribution in [2.75, 3.05) is 0 Å². The summed E-state index contributed by atoms with van der Waals surface area (Å²) in [5, 5.41) is 23.5. The molecule has 0 aromatic carbocycles. The summed E-state index contributed by atoms with van der Waals surface area (Å²) in [5.41, 5.74) is 0. The third-order valence-corrected chi connectivity index (χ3v) is 2.42. The van der Waals surface area contributed by atoms with Crippen molar-refractivity contribution in [1.29, 1.82) is 0 Å². The van der Waals surface area contributed by atoms with E-state index in [0.717, 1.165) is 19.3 Å². The summed E-state index contributed by atoms with van der Waals surface area (Å²) in [7, 11) is 0. The molecule has 0 aromatic heterocycles. The van der Waals surface area contributed by atoms with Crippen LogP contribution in [-0.2, 0) is 0 Å². The first kappa shape index (κ1) is 9.09. The molecule has 0 amide bonds. The first-order valence-electron chi connectivity index (χ1n) is 4.27. The highest BCUT2D eigenvalue weighted by atomic mass is 16.6. The highest BCUT2D eigenvalue weighted by Crippen LogP contribution is 2.22. The Kier molecular flexibility index (Phi) is 2.73. The molecular formula is C7H15N3O2. The highest BCUT2D eigenvalue weighted by Gasteiger charge is 2.30. The maximum Gasteiger partial charge on any atom is 0.230 e.